The van der Waals surface area contributed by atoms with Gasteiger partial charge in [-0.3, -0.25) is 4.79 Å². The van der Waals surface area contributed by atoms with Crippen molar-refractivity contribution in [3.63, 3.8) is 0 Å². The van der Waals surface area contributed by atoms with Crippen LogP contribution < -0.4 is 5.73 Å². The maximum atomic E-state index is 10.2. The van der Waals surface area contributed by atoms with Crippen LogP contribution in [0.15, 0.2) is 0 Å². The van der Waals surface area contributed by atoms with Gasteiger partial charge in [-0.25, -0.2) is 0 Å². The number of methoxy groups -OCH3 is 1. The van der Waals surface area contributed by atoms with Crippen LogP contribution in [0.2, 0.25) is 0 Å². The number of primary amides is 1. The third-order valence-electron chi connectivity index (χ3n) is 1.35. The van der Waals surface area contributed by atoms with Crippen LogP contribution in [0.5, 0.6) is 0 Å². The first-order chi connectivity index (χ1) is 5.50. The first-order valence-corrected chi connectivity index (χ1v) is 4.36. The molecule has 0 aliphatic heterocycles. The van der Waals surface area contributed by atoms with Crippen LogP contribution in [0.1, 0.15) is 41.5 Å². The van der Waals surface area contributed by atoms with E-state index in [1.807, 2.05) is 20.8 Å². The molecule has 0 radical (unpaired) electrons. The predicted molar refractivity (Wildman–Crippen MR) is 55.4 cm³/mol. The second-order valence-corrected chi connectivity index (χ2v) is 4.93. The van der Waals surface area contributed by atoms with E-state index in [-0.39, 0.29) is 16.9 Å². The molecule has 0 spiro atoms. The van der Waals surface area contributed by atoms with Gasteiger partial charge in [0.15, 0.2) is 0 Å². The zero-order chi connectivity index (χ0) is 11.3. The fourth-order valence-electron chi connectivity index (χ4n) is 0. The number of hydrogen-bond acceptors (Lipinski definition) is 2. The van der Waals surface area contributed by atoms with Crippen LogP contribution in [0.3, 0.4) is 0 Å². The molecule has 0 atom stereocenters. The summed E-state index contributed by atoms with van der Waals surface area (Å²) in [6.07, 6.45) is 0. The maximum absolute atomic E-state index is 10.2. The van der Waals surface area contributed by atoms with Crippen molar-refractivity contribution in [2.24, 2.45) is 11.1 Å². The van der Waals surface area contributed by atoms with Gasteiger partial charge >= 0.3 is 0 Å². The molecule has 0 heterocycles. The Labute approximate surface area is 81.6 Å². The average molecular weight is 189 g/mol. The van der Waals surface area contributed by atoms with Crippen molar-refractivity contribution in [3.8, 4) is 0 Å². The molecule has 0 unspecified atom stereocenters. The molecule has 0 aliphatic rings. The van der Waals surface area contributed by atoms with Gasteiger partial charge in [-0.05, 0) is 20.8 Å². The highest BCUT2D eigenvalue weighted by atomic mass is 16.5. The Bertz CT molecular complexity index is 151. The zero-order valence-corrected chi connectivity index (χ0v) is 9.89. The van der Waals surface area contributed by atoms with E-state index < -0.39 is 0 Å². The summed E-state index contributed by atoms with van der Waals surface area (Å²) in [7, 11) is 1.71. The van der Waals surface area contributed by atoms with Crippen molar-refractivity contribution in [1.82, 2.24) is 0 Å². The minimum Gasteiger partial charge on any atom is -0.379 e. The maximum Gasteiger partial charge on any atom is 0.222 e. The fraction of sp³-hybridized carbons (Fsp3) is 0.900. The Morgan fingerprint density at radius 2 is 1.23 bits per heavy atom. The molecule has 0 saturated heterocycles. The number of nitrogens with two attached hydrogens (primary N) is 1. The van der Waals surface area contributed by atoms with Crippen molar-refractivity contribution < 1.29 is 9.53 Å². The Hall–Kier alpha value is -0.570. The lowest BCUT2D eigenvalue weighted by atomic mass is 9.96. The minimum absolute atomic E-state index is 0.0417. The van der Waals surface area contributed by atoms with E-state index in [1.165, 1.54) is 0 Å². The molecule has 0 saturated carbocycles. The van der Waals surface area contributed by atoms with Crippen LogP contribution in [-0.4, -0.2) is 18.6 Å². The summed E-state index contributed by atoms with van der Waals surface area (Å²) in [6, 6.07) is 0. The summed E-state index contributed by atoms with van der Waals surface area (Å²) in [5.41, 5.74) is 4.61. The largest absolute Gasteiger partial charge is 0.379 e. The van der Waals surface area contributed by atoms with Gasteiger partial charge in [-0.15, -0.1) is 0 Å². The number of carbonyl (C=O) groups excluding carboxylic acids is 1. The number of carbonyl (C=O) groups is 1. The normalized spacial score (nSPS) is 11.6. The average Bonchev–Trinajstić information content (AvgIpc) is 1.85. The lowest BCUT2D eigenvalue weighted by Crippen LogP contribution is -2.27. The highest BCUT2D eigenvalue weighted by Gasteiger charge is 2.16. The Balaban J connectivity index is 0. The van der Waals surface area contributed by atoms with E-state index in [9.17, 15) is 4.79 Å². The standard InChI is InChI=1S/C5H11NO.C5H12O/c1-5(2,3)4(6)7;1-5(2,3)6-4/h1-3H3,(H2,6,7);1-4H3. The second kappa shape index (κ2) is 5.22. The molecule has 0 bridgehead atoms. The van der Waals surface area contributed by atoms with Crippen molar-refractivity contribution >= 4 is 5.91 Å². The molecule has 3 nitrogen and oxygen atoms in total. The summed E-state index contributed by atoms with van der Waals surface area (Å²) in [5.74, 6) is -0.257. The lowest BCUT2D eigenvalue weighted by Gasteiger charge is -2.14. The molecule has 0 aliphatic carbocycles. The highest BCUT2D eigenvalue weighted by Crippen LogP contribution is 2.09. The van der Waals surface area contributed by atoms with Gasteiger partial charge < -0.3 is 10.5 Å². The molecule has 0 rings (SSSR count). The van der Waals surface area contributed by atoms with Crippen molar-refractivity contribution in [1.29, 1.82) is 0 Å². The fourth-order valence-corrected chi connectivity index (χ4v) is 0. The zero-order valence-electron chi connectivity index (χ0n) is 9.89. The monoisotopic (exact) mass is 189 g/mol. The molecule has 3 heteroatoms. The number of rotatable bonds is 0. The van der Waals surface area contributed by atoms with Crippen molar-refractivity contribution in [3.05, 3.63) is 0 Å². The predicted octanol–water partition coefficient (Wildman–Crippen LogP) is 1.95. The third-order valence-corrected chi connectivity index (χ3v) is 1.35. The Morgan fingerprint density at radius 1 is 1.08 bits per heavy atom. The summed E-state index contributed by atoms with van der Waals surface area (Å²) in [6.45, 7) is 11.4. The number of ether oxygens (including phenoxy) is 1. The summed E-state index contributed by atoms with van der Waals surface area (Å²) < 4.78 is 4.94. The second-order valence-electron chi connectivity index (χ2n) is 4.93. The molecule has 0 fully saturated rings. The molecule has 13 heavy (non-hydrogen) atoms. The smallest absolute Gasteiger partial charge is 0.222 e. The van der Waals surface area contributed by atoms with E-state index in [0.29, 0.717) is 0 Å². The van der Waals surface area contributed by atoms with Gasteiger partial charge in [-0.2, -0.15) is 0 Å². The minimum atomic E-state index is -0.361. The first-order valence-electron chi connectivity index (χ1n) is 4.36. The van der Waals surface area contributed by atoms with Gasteiger partial charge in [-0.1, -0.05) is 20.8 Å². The van der Waals surface area contributed by atoms with E-state index in [2.05, 4.69) is 0 Å². The van der Waals surface area contributed by atoms with Gasteiger partial charge in [0.2, 0.25) is 5.91 Å². The van der Waals surface area contributed by atoms with Gasteiger partial charge in [0.05, 0.1) is 5.60 Å². The SMILES string of the molecule is CC(C)(C)C(N)=O.COC(C)(C)C. The van der Waals surface area contributed by atoms with Gasteiger partial charge in [0.25, 0.3) is 0 Å². The van der Waals surface area contributed by atoms with Gasteiger partial charge in [0.1, 0.15) is 0 Å². The molecule has 80 valence electrons. The lowest BCUT2D eigenvalue weighted by molar-refractivity contribution is -0.125. The molecule has 0 aromatic rings. The molecule has 0 aromatic heterocycles. The summed E-state index contributed by atoms with van der Waals surface area (Å²) in [4.78, 5) is 10.2. The van der Waals surface area contributed by atoms with Crippen LogP contribution in [0, 0.1) is 5.41 Å². The summed E-state index contributed by atoms with van der Waals surface area (Å²) in [5, 5.41) is 0. The number of amides is 1. The van der Waals surface area contributed by atoms with Gasteiger partial charge in [0, 0.05) is 12.5 Å². The topological polar surface area (TPSA) is 52.3 Å². The third kappa shape index (κ3) is 14.3. The van der Waals surface area contributed by atoms with Crippen LogP contribution in [-0.2, 0) is 9.53 Å². The first kappa shape index (κ1) is 14.9. The molecule has 0 aromatic carbocycles. The highest BCUT2D eigenvalue weighted by molar-refractivity contribution is 5.79. The van der Waals surface area contributed by atoms with Crippen molar-refractivity contribution in [2.45, 2.75) is 47.1 Å². The quantitative estimate of drug-likeness (QED) is 0.633. The van der Waals surface area contributed by atoms with Crippen LogP contribution in [0.25, 0.3) is 0 Å². The Morgan fingerprint density at radius 3 is 1.23 bits per heavy atom. The van der Waals surface area contributed by atoms with E-state index in [1.54, 1.807) is 27.9 Å². The van der Waals surface area contributed by atoms with E-state index in [4.69, 9.17) is 10.5 Å². The number of hydrogen-bond donors (Lipinski definition) is 1. The van der Waals surface area contributed by atoms with E-state index >= 15 is 0 Å². The molecule has 2 N–H and O–H groups in total. The van der Waals surface area contributed by atoms with Crippen LogP contribution in [0.4, 0.5) is 0 Å². The summed E-state index contributed by atoms with van der Waals surface area (Å²) >= 11 is 0. The van der Waals surface area contributed by atoms with Crippen LogP contribution >= 0.6 is 0 Å². The Kier molecular flexibility index (Phi) is 6.00. The van der Waals surface area contributed by atoms with Crippen molar-refractivity contribution in [2.75, 3.05) is 7.11 Å². The molecular formula is C10H23NO2. The molecular weight excluding hydrogens is 166 g/mol. The molecule has 1 amide bonds. The van der Waals surface area contributed by atoms with E-state index in [0.717, 1.165) is 0 Å².